The molecule has 1 N–H and O–H groups in total. The number of nitrogens with zero attached hydrogens (tertiary/aromatic N) is 1. The van der Waals surface area contributed by atoms with Crippen LogP contribution in [0.1, 0.15) is 11.1 Å². The van der Waals surface area contributed by atoms with Crippen LogP contribution in [0.5, 0.6) is 11.5 Å². The second kappa shape index (κ2) is 6.28. The van der Waals surface area contributed by atoms with Crippen LogP contribution in [0.4, 0.5) is 5.69 Å². The topological polar surface area (TPSA) is 56.5 Å². The predicted molar refractivity (Wildman–Crippen MR) is 91.5 cm³/mol. The molecular weight excluding hydrogens is 304 g/mol. The number of ether oxygens (including phenoxy) is 2. The number of fused-ring (bicyclic) bond motifs is 1. The van der Waals surface area contributed by atoms with Crippen molar-refractivity contribution in [3.05, 3.63) is 60.1 Å². The van der Waals surface area contributed by atoms with Crippen LogP contribution in [0.15, 0.2) is 53.4 Å². The summed E-state index contributed by atoms with van der Waals surface area (Å²) in [5, 5.41) is 3.43. The summed E-state index contributed by atoms with van der Waals surface area (Å²) in [4.78, 5) is 3.95. The molecule has 0 saturated heterocycles. The molecule has 0 radical (unpaired) electrons. The summed E-state index contributed by atoms with van der Waals surface area (Å²) in [6, 6.07) is 12.3. The van der Waals surface area contributed by atoms with Crippen molar-refractivity contribution in [1.82, 2.24) is 4.98 Å². The number of methoxy groups -OCH3 is 1. The van der Waals surface area contributed by atoms with Gasteiger partial charge in [0.15, 0.2) is 12.2 Å². The highest BCUT2D eigenvalue weighted by atomic mass is 16.5. The molecule has 0 saturated carbocycles. The molecule has 0 unspecified atom stereocenters. The molecule has 0 fully saturated rings. The van der Waals surface area contributed by atoms with E-state index in [0.29, 0.717) is 5.76 Å². The number of anilines is 1. The first-order valence-corrected chi connectivity index (χ1v) is 7.89. The van der Waals surface area contributed by atoms with E-state index in [1.807, 2.05) is 24.3 Å². The van der Waals surface area contributed by atoms with Gasteiger partial charge in [-0.1, -0.05) is 12.1 Å². The van der Waals surface area contributed by atoms with Crippen LogP contribution in [0.3, 0.4) is 0 Å². The second-order valence-electron chi connectivity index (χ2n) is 5.67. The Labute approximate surface area is 140 Å². The number of aromatic nitrogens is 1. The minimum Gasteiger partial charge on any atom is -0.496 e. The second-order valence-corrected chi connectivity index (χ2v) is 5.67. The molecule has 1 aliphatic heterocycles. The zero-order valence-corrected chi connectivity index (χ0v) is 13.4. The number of nitrogens with one attached hydrogen (secondary N) is 1. The van der Waals surface area contributed by atoms with Crippen LogP contribution >= 0.6 is 0 Å². The molecule has 0 aliphatic carbocycles. The molecule has 4 rings (SSSR count). The first-order chi connectivity index (χ1) is 11.8. The molecule has 24 heavy (non-hydrogen) atoms. The minimum absolute atomic E-state index is 0.692. The monoisotopic (exact) mass is 322 g/mol. The van der Waals surface area contributed by atoms with Gasteiger partial charge < -0.3 is 19.2 Å². The molecule has 0 atom stereocenters. The van der Waals surface area contributed by atoms with E-state index in [1.165, 1.54) is 17.5 Å². The normalized spacial score (nSPS) is 12.5. The molecule has 5 heteroatoms. The van der Waals surface area contributed by atoms with Crippen molar-refractivity contribution < 1.29 is 13.9 Å². The lowest BCUT2D eigenvalue weighted by molar-refractivity contribution is 0.357. The van der Waals surface area contributed by atoms with Gasteiger partial charge in [-0.25, -0.2) is 4.98 Å². The maximum absolute atomic E-state index is 5.54. The molecule has 1 aromatic heterocycles. The number of benzene rings is 2. The van der Waals surface area contributed by atoms with Crippen LogP contribution < -0.4 is 14.8 Å². The quantitative estimate of drug-likeness (QED) is 0.772. The standard InChI is InChI=1S/C19H18N2O3/c1-22-18-9-15(3-4-16(18)19-11-20-12-24-19)21-10-13-2-5-17-14(8-13)6-7-23-17/h2-5,8-9,11-12,21H,6-7,10H2,1H3. The summed E-state index contributed by atoms with van der Waals surface area (Å²) in [5.41, 5.74) is 4.40. The summed E-state index contributed by atoms with van der Waals surface area (Å²) in [6.45, 7) is 1.53. The highest BCUT2D eigenvalue weighted by Crippen LogP contribution is 2.32. The Balaban J connectivity index is 1.51. The van der Waals surface area contributed by atoms with Gasteiger partial charge in [0.25, 0.3) is 0 Å². The average Bonchev–Trinajstić information content (AvgIpc) is 3.30. The molecular formula is C19H18N2O3. The first kappa shape index (κ1) is 14.6. The summed E-state index contributed by atoms with van der Waals surface area (Å²) in [5.74, 6) is 2.45. The van der Waals surface area contributed by atoms with E-state index in [0.717, 1.165) is 42.3 Å². The Kier molecular flexibility index (Phi) is 3.83. The van der Waals surface area contributed by atoms with E-state index in [-0.39, 0.29) is 0 Å². The van der Waals surface area contributed by atoms with Crippen LogP contribution in [-0.4, -0.2) is 18.7 Å². The van der Waals surface area contributed by atoms with Gasteiger partial charge in [-0.15, -0.1) is 0 Å². The third-order valence-corrected chi connectivity index (χ3v) is 4.15. The van der Waals surface area contributed by atoms with Crippen LogP contribution in [-0.2, 0) is 13.0 Å². The van der Waals surface area contributed by atoms with Gasteiger partial charge in [0.1, 0.15) is 11.5 Å². The summed E-state index contributed by atoms with van der Waals surface area (Å²) < 4.78 is 16.4. The number of rotatable bonds is 5. The van der Waals surface area contributed by atoms with Crippen molar-refractivity contribution in [2.75, 3.05) is 19.0 Å². The lowest BCUT2D eigenvalue weighted by Crippen LogP contribution is -2.00. The minimum atomic E-state index is 0.692. The third-order valence-electron chi connectivity index (χ3n) is 4.15. The first-order valence-electron chi connectivity index (χ1n) is 7.89. The largest absolute Gasteiger partial charge is 0.496 e. The predicted octanol–water partition coefficient (Wildman–Crippen LogP) is 3.90. The summed E-state index contributed by atoms with van der Waals surface area (Å²) in [6.07, 6.45) is 4.08. The molecule has 0 amide bonds. The number of hydrogen-bond donors (Lipinski definition) is 1. The fraction of sp³-hybridized carbons (Fsp3) is 0.211. The Bertz CT molecular complexity index is 844. The maximum Gasteiger partial charge on any atom is 0.181 e. The SMILES string of the molecule is COc1cc(NCc2ccc3c(c2)CCO3)ccc1-c1cnco1. The lowest BCUT2D eigenvalue weighted by Gasteiger charge is -2.11. The highest BCUT2D eigenvalue weighted by molar-refractivity contribution is 5.69. The van der Waals surface area contributed by atoms with Gasteiger partial charge in [-0.05, 0) is 29.3 Å². The zero-order valence-electron chi connectivity index (χ0n) is 13.4. The zero-order chi connectivity index (χ0) is 16.4. The average molecular weight is 322 g/mol. The van der Waals surface area contributed by atoms with Crippen molar-refractivity contribution in [3.8, 4) is 22.8 Å². The van der Waals surface area contributed by atoms with E-state index in [2.05, 4.69) is 22.4 Å². The summed E-state index contributed by atoms with van der Waals surface area (Å²) >= 11 is 0. The third kappa shape index (κ3) is 2.80. The van der Waals surface area contributed by atoms with E-state index in [1.54, 1.807) is 13.3 Å². The van der Waals surface area contributed by atoms with Crippen LogP contribution in [0, 0.1) is 0 Å². The molecule has 122 valence electrons. The number of hydrogen-bond acceptors (Lipinski definition) is 5. The highest BCUT2D eigenvalue weighted by Gasteiger charge is 2.12. The molecule has 5 nitrogen and oxygen atoms in total. The van der Waals surface area contributed by atoms with Crippen molar-refractivity contribution in [2.24, 2.45) is 0 Å². The Morgan fingerprint density at radius 1 is 1.21 bits per heavy atom. The Morgan fingerprint density at radius 3 is 3.00 bits per heavy atom. The fourth-order valence-corrected chi connectivity index (χ4v) is 2.91. The van der Waals surface area contributed by atoms with Crippen molar-refractivity contribution in [1.29, 1.82) is 0 Å². The van der Waals surface area contributed by atoms with E-state index < -0.39 is 0 Å². The van der Waals surface area contributed by atoms with Gasteiger partial charge in [-0.2, -0.15) is 0 Å². The Hall–Kier alpha value is -2.95. The molecule has 0 spiro atoms. The number of oxazole rings is 1. The van der Waals surface area contributed by atoms with Crippen LogP contribution in [0.2, 0.25) is 0 Å². The van der Waals surface area contributed by atoms with Gasteiger partial charge in [-0.3, -0.25) is 0 Å². The van der Waals surface area contributed by atoms with E-state index >= 15 is 0 Å². The van der Waals surface area contributed by atoms with Gasteiger partial charge in [0, 0.05) is 24.7 Å². The van der Waals surface area contributed by atoms with Gasteiger partial charge >= 0.3 is 0 Å². The van der Waals surface area contributed by atoms with Gasteiger partial charge in [0.05, 0.1) is 25.5 Å². The molecule has 3 aromatic rings. The molecule has 2 aromatic carbocycles. The van der Waals surface area contributed by atoms with Crippen LogP contribution in [0.25, 0.3) is 11.3 Å². The molecule has 2 heterocycles. The lowest BCUT2D eigenvalue weighted by atomic mass is 10.1. The van der Waals surface area contributed by atoms with Crippen molar-refractivity contribution in [2.45, 2.75) is 13.0 Å². The molecule has 0 bridgehead atoms. The van der Waals surface area contributed by atoms with E-state index in [9.17, 15) is 0 Å². The molecule has 1 aliphatic rings. The summed E-state index contributed by atoms with van der Waals surface area (Å²) in [7, 11) is 1.65. The maximum atomic E-state index is 5.54. The van der Waals surface area contributed by atoms with E-state index in [4.69, 9.17) is 13.9 Å². The van der Waals surface area contributed by atoms with Crippen molar-refractivity contribution in [3.63, 3.8) is 0 Å². The smallest absolute Gasteiger partial charge is 0.181 e. The van der Waals surface area contributed by atoms with Gasteiger partial charge in [0.2, 0.25) is 0 Å². The fourth-order valence-electron chi connectivity index (χ4n) is 2.91. The van der Waals surface area contributed by atoms with Crippen molar-refractivity contribution >= 4 is 5.69 Å². The Morgan fingerprint density at radius 2 is 2.17 bits per heavy atom.